The number of carboxylic acids is 1. The lowest BCUT2D eigenvalue weighted by molar-refractivity contribution is -0.138. The average molecular weight is 269 g/mol. The molecule has 0 saturated heterocycles. The van der Waals surface area contributed by atoms with Gasteiger partial charge in [-0.15, -0.1) is 0 Å². The molecule has 1 aromatic carbocycles. The molecule has 6 heteroatoms. The van der Waals surface area contributed by atoms with Crippen molar-refractivity contribution < 1.29 is 24.5 Å². The average Bonchev–Trinajstić information content (AvgIpc) is 2.36. The highest BCUT2D eigenvalue weighted by atomic mass is 16.5. The molecule has 1 aromatic rings. The number of carboxylic acid groups (broad SMARTS) is 1. The summed E-state index contributed by atoms with van der Waals surface area (Å²) in [6.45, 7) is 0.103. The molecule has 1 rings (SSSR count). The van der Waals surface area contributed by atoms with Crippen molar-refractivity contribution in [2.75, 3.05) is 34.4 Å². The normalized spacial score (nSPS) is 12.3. The minimum atomic E-state index is -0.929. The molecule has 0 radical (unpaired) electrons. The number of benzene rings is 1. The third kappa shape index (κ3) is 4.42. The molecule has 0 saturated carbocycles. The fourth-order valence-electron chi connectivity index (χ4n) is 1.76. The van der Waals surface area contributed by atoms with Crippen LogP contribution in [0.5, 0.6) is 11.5 Å². The number of ether oxygens (including phenoxy) is 2. The van der Waals surface area contributed by atoms with Crippen LogP contribution in [-0.2, 0) is 4.79 Å². The summed E-state index contributed by atoms with van der Waals surface area (Å²) in [7, 11) is 4.69. The molecule has 0 fully saturated rings. The van der Waals surface area contributed by atoms with Crippen LogP contribution in [0.15, 0.2) is 18.2 Å². The van der Waals surface area contributed by atoms with Gasteiger partial charge in [0.2, 0.25) is 0 Å². The van der Waals surface area contributed by atoms with Crippen molar-refractivity contribution >= 4 is 5.97 Å². The summed E-state index contributed by atoms with van der Waals surface area (Å²) >= 11 is 0. The van der Waals surface area contributed by atoms with Crippen molar-refractivity contribution in [2.45, 2.75) is 6.10 Å². The van der Waals surface area contributed by atoms with E-state index in [0.717, 1.165) is 0 Å². The highest BCUT2D eigenvalue weighted by molar-refractivity contribution is 5.69. The quantitative estimate of drug-likeness (QED) is 0.760. The second-order valence-electron chi connectivity index (χ2n) is 4.22. The van der Waals surface area contributed by atoms with Gasteiger partial charge in [0.25, 0.3) is 0 Å². The smallest absolute Gasteiger partial charge is 0.317 e. The summed E-state index contributed by atoms with van der Waals surface area (Å²) in [6.07, 6.45) is -0.788. The Morgan fingerprint density at radius 1 is 1.32 bits per heavy atom. The minimum Gasteiger partial charge on any atom is -0.493 e. The molecule has 1 unspecified atom stereocenters. The summed E-state index contributed by atoms with van der Waals surface area (Å²) in [5.41, 5.74) is 0.648. The number of aliphatic carboxylic acids is 1. The first-order valence-electron chi connectivity index (χ1n) is 5.78. The zero-order valence-corrected chi connectivity index (χ0v) is 11.3. The Balaban J connectivity index is 2.76. The van der Waals surface area contributed by atoms with Crippen LogP contribution in [0.4, 0.5) is 0 Å². The van der Waals surface area contributed by atoms with E-state index in [4.69, 9.17) is 14.6 Å². The van der Waals surface area contributed by atoms with E-state index >= 15 is 0 Å². The Bertz CT molecular complexity index is 435. The Labute approximate surface area is 112 Å². The van der Waals surface area contributed by atoms with Gasteiger partial charge in [-0.25, -0.2) is 0 Å². The number of likely N-dealkylation sites (N-methyl/N-ethyl adjacent to an activating group) is 1. The summed E-state index contributed by atoms with van der Waals surface area (Å²) in [4.78, 5) is 12.1. The Hall–Kier alpha value is -1.79. The lowest BCUT2D eigenvalue weighted by atomic mass is 10.1. The molecule has 19 heavy (non-hydrogen) atoms. The summed E-state index contributed by atoms with van der Waals surface area (Å²) in [5.74, 6) is 0.180. The topological polar surface area (TPSA) is 79.2 Å². The van der Waals surface area contributed by atoms with Gasteiger partial charge in [0.05, 0.1) is 26.9 Å². The predicted molar refractivity (Wildman–Crippen MR) is 69.6 cm³/mol. The van der Waals surface area contributed by atoms with E-state index in [1.165, 1.54) is 19.1 Å². The Kier molecular flexibility index (Phi) is 5.59. The summed E-state index contributed by atoms with van der Waals surface area (Å²) < 4.78 is 10.3. The number of aliphatic hydroxyl groups is 1. The third-order valence-electron chi connectivity index (χ3n) is 2.68. The number of nitrogens with zero attached hydrogens (tertiary/aromatic N) is 1. The molecule has 0 bridgehead atoms. The zero-order valence-electron chi connectivity index (χ0n) is 11.3. The van der Waals surface area contributed by atoms with Crippen molar-refractivity contribution in [3.8, 4) is 11.5 Å². The van der Waals surface area contributed by atoms with E-state index in [9.17, 15) is 9.90 Å². The second-order valence-corrected chi connectivity index (χ2v) is 4.22. The first-order valence-corrected chi connectivity index (χ1v) is 5.78. The first-order chi connectivity index (χ1) is 8.97. The van der Waals surface area contributed by atoms with Crippen molar-refractivity contribution in [1.82, 2.24) is 4.90 Å². The largest absolute Gasteiger partial charge is 0.493 e. The minimum absolute atomic E-state index is 0.121. The van der Waals surface area contributed by atoms with Crippen LogP contribution in [0, 0.1) is 0 Å². The highest BCUT2D eigenvalue weighted by Crippen LogP contribution is 2.30. The van der Waals surface area contributed by atoms with Gasteiger partial charge in [0, 0.05) is 6.54 Å². The van der Waals surface area contributed by atoms with E-state index in [1.54, 1.807) is 25.2 Å². The van der Waals surface area contributed by atoms with Gasteiger partial charge in [-0.2, -0.15) is 0 Å². The monoisotopic (exact) mass is 269 g/mol. The van der Waals surface area contributed by atoms with Crippen LogP contribution in [-0.4, -0.2) is 55.4 Å². The molecule has 0 spiro atoms. The second kappa shape index (κ2) is 6.96. The van der Waals surface area contributed by atoms with Crippen LogP contribution < -0.4 is 9.47 Å². The maximum absolute atomic E-state index is 10.6. The molecule has 6 nitrogen and oxygen atoms in total. The molecule has 2 N–H and O–H groups in total. The van der Waals surface area contributed by atoms with Gasteiger partial charge in [-0.3, -0.25) is 9.69 Å². The van der Waals surface area contributed by atoms with Gasteiger partial charge < -0.3 is 19.7 Å². The van der Waals surface area contributed by atoms with Crippen LogP contribution >= 0.6 is 0 Å². The Morgan fingerprint density at radius 2 is 1.95 bits per heavy atom. The van der Waals surface area contributed by atoms with Crippen LogP contribution in [0.25, 0.3) is 0 Å². The van der Waals surface area contributed by atoms with E-state index in [2.05, 4.69) is 0 Å². The maximum Gasteiger partial charge on any atom is 0.317 e. The first kappa shape index (κ1) is 15.3. The maximum atomic E-state index is 10.6. The standard InChI is InChI=1S/C13H19NO5/c1-14(8-13(16)17)7-10(15)9-4-5-11(18-2)12(6-9)19-3/h4-6,10,15H,7-8H2,1-3H3,(H,16,17). The van der Waals surface area contributed by atoms with Crippen molar-refractivity contribution in [3.05, 3.63) is 23.8 Å². The molecule has 0 aromatic heterocycles. The molecular formula is C13H19NO5. The highest BCUT2D eigenvalue weighted by Gasteiger charge is 2.15. The van der Waals surface area contributed by atoms with Crippen LogP contribution in [0.1, 0.15) is 11.7 Å². The van der Waals surface area contributed by atoms with Crippen molar-refractivity contribution in [2.24, 2.45) is 0 Å². The number of hydrogen-bond donors (Lipinski definition) is 2. The molecule has 0 aliphatic rings. The lowest BCUT2D eigenvalue weighted by Gasteiger charge is -2.19. The number of hydrogen-bond acceptors (Lipinski definition) is 5. The number of aliphatic hydroxyl groups excluding tert-OH is 1. The third-order valence-corrected chi connectivity index (χ3v) is 2.68. The predicted octanol–water partition coefficient (Wildman–Crippen LogP) is 0.754. The molecule has 0 heterocycles. The SMILES string of the molecule is COc1ccc(C(O)CN(C)CC(=O)O)cc1OC. The lowest BCUT2D eigenvalue weighted by Crippen LogP contribution is -2.29. The number of rotatable bonds is 7. The molecular weight excluding hydrogens is 250 g/mol. The van der Waals surface area contributed by atoms with Crippen LogP contribution in [0.2, 0.25) is 0 Å². The van der Waals surface area contributed by atoms with Gasteiger partial charge in [-0.05, 0) is 24.7 Å². The van der Waals surface area contributed by atoms with Gasteiger partial charge >= 0.3 is 5.97 Å². The Morgan fingerprint density at radius 3 is 2.47 bits per heavy atom. The zero-order chi connectivity index (χ0) is 14.4. The molecule has 106 valence electrons. The van der Waals surface area contributed by atoms with Gasteiger partial charge in [0.15, 0.2) is 11.5 Å². The van der Waals surface area contributed by atoms with E-state index < -0.39 is 12.1 Å². The van der Waals surface area contributed by atoms with E-state index in [1.807, 2.05) is 0 Å². The number of carbonyl (C=O) groups is 1. The fourth-order valence-corrected chi connectivity index (χ4v) is 1.76. The van der Waals surface area contributed by atoms with Crippen LogP contribution in [0.3, 0.4) is 0 Å². The number of methoxy groups -OCH3 is 2. The summed E-state index contributed by atoms with van der Waals surface area (Å²) in [6, 6.07) is 5.10. The van der Waals surface area contributed by atoms with Crippen molar-refractivity contribution in [1.29, 1.82) is 0 Å². The fraction of sp³-hybridized carbons (Fsp3) is 0.462. The van der Waals surface area contributed by atoms with Gasteiger partial charge in [0.1, 0.15) is 0 Å². The molecule has 0 aliphatic heterocycles. The summed E-state index contributed by atoms with van der Waals surface area (Å²) in [5, 5.41) is 18.7. The van der Waals surface area contributed by atoms with E-state index in [0.29, 0.717) is 17.1 Å². The van der Waals surface area contributed by atoms with Crippen molar-refractivity contribution in [3.63, 3.8) is 0 Å². The molecule has 0 aliphatic carbocycles. The van der Waals surface area contributed by atoms with E-state index in [-0.39, 0.29) is 13.1 Å². The van der Waals surface area contributed by atoms with Gasteiger partial charge in [-0.1, -0.05) is 6.07 Å². The molecule has 0 amide bonds. The molecule has 1 atom stereocenters.